The number of rotatable bonds is 7. The fourth-order valence-electron chi connectivity index (χ4n) is 3.45. The van der Waals surface area contributed by atoms with Gasteiger partial charge in [-0.3, -0.25) is 4.79 Å². The molecule has 0 bridgehead atoms. The maximum Gasteiger partial charge on any atom is 0.231 e. The molecule has 26 heavy (non-hydrogen) atoms. The first-order valence-electron chi connectivity index (χ1n) is 9.22. The van der Waals surface area contributed by atoms with Crippen LogP contribution in [0.25, 0.3) is 0 Å². The van der Waals surface area contributed by atoms with Crippen molar-refractivity contribution in [3.05, 3.63) is 59.2 Å². The minimum Gasteiger partial charge on any atom is -0.494 e. The number of hydrogen-bond acceptors (Lipinski definition) is 3. The molecule has 0 atom stereocenters. The number of aryl methyl sites for hydroxylation is 2. The Morgan fingerprint density at radius 3 is 2.65 bits per heavy atom. The Kier molecular flexibility index (Phi) is 5.91. The highest BCUT2D eigenvalue weighted by Crippen LogP contribution is 2.24. The van der Waals surface area contributed by atoms with Crippen LogP contribution in [0, 0.1) is 11.3 Å². The van der Waals surface area contributed by atoms with Gasteiger partial charge in [-0.1, -0.05) is 18.2 Å². The van der Waals surface area contributed by atoms with E-state index in [0.29, 0.717) is 26.0 Å². The van der Waals surface area contributed by atoms with Crippen LogP contribution < -0.4 is 9.64 Å². The van der Waals surface area contributed by atoms with E-state index in [9.17, 15) is 4.79 Å². The zero-order valence-electron chi connectivity index (χ0n) is 15.2. The lowest BCUT2D eigenvalue weighted by Gasteiger charge is -2.22. The third-order valence-electron chi connectivity index (χ3n) is 4.73. The molecule has 0 aromatic heterocycles. The zero-order chi connectivity index (χ0) is 18.4. The van der Waals surface area contributed by atoms with E-state index in [4.69, 9.17) is 10.00 Å². The number of fused-ring (bicyclic) bond motifs is 1. The molecule has 0 saturated heterocycles. The molecule has 4 nitrogen and oxygen atoms in total. The summed E-state index contributed by atoms with van der Waals surface area (Å²) in [5.41, 5.74) is 4.63. The molecule has 4 heteroatoms. The number of benzene rings is 2. The first kappa shape index (κ1) is 18.0. The molecule has 0 N–H and O–H groups in total. The van der Waals surface area contributed by atoms with Gasteiger partial charge in [0, 0.05) is 12.2 Å². The summed E-state index contributed by atoms with van der Waals surface area (Å²) < 4.78 is 5.46. The van der Waals surface area contributed by atoms with E-state index in [1.54, 1.807) is 4.90 Å². The van der Waals surface area contributed by atoms with Crippen LogP contribution in [-0.4, -0.2) is 19.1 Å². The smallest absolute Gasteiger partial charge is 0.231 e. The van der Waals surface area contributed by atoms with E-state index in [0.717, 1.165) is 29.8 Å². The van der Waals surface area contributed by atoms with Crippen molar-refractivity contribution in [2.24, 2.45) is 0 Å². The molecule has 0 saturated carbocycles. The van der Waals surface area contributed by atoms with E-state index in [1.165, 1.54) is 17.5 Å². The molecule has 0 fully saturated rings. The predicted octanol–water partition coefficient (Wildman–Crippen LogP) is 4.06. The average molecular weight is 348 g/mol. The Hall–Kier alpha value is -2.80. The van der Waals surface area contributed by atoms with E-state index in [2.05, 4.69) is 24.3 Å². The standard InChI is InChI=1S/C22H24N2O2/c1-2-26-21-11-9-20(10-12-21)24(14-4-13-23)22(25)16-17-7-8-18-5-3-6-19(18)15-17/h7-12,15H,2-6,14,16H2,1H3. The van der Waals surface area contributed by atoms with Crippen molar-refractivity contribution in [2.45, 2.75) is 39.0 Å². The highest BCUT2D eigenvalue weighted by atomic mass is 16.5. The fraction of sp³-hybridized carbons (Fsp3) is 0.364. The first-order chi connectivity index (χ1) is 12.7. The largest absolute Gasteiger partial charge is 0.494 e. The molecule has 1 amide bonds. The SMILES string of the molecule is CCOc1ccc(N(CCC#N)C(=O)Cc2ccc3c(c2)CCC3)cc1. The van der Waals surface area contributed by atoms with Crippen molar-refractivity contribution in [3.63, 3.8) is 0 Å². The Balaban J connectivity index is 1.76. The highest BCUT2D eigenvalue weighted by molar-refractivity contribution is 5.94. The molecule has 2 aromatic rings. The fourth-order valence-corrected chi connectivity index (χ4v) is 3.45. The third kappa shape index (κ3) is 4.23. The van der Waals surface area contributed by atoms with Gasteiger partial charge in [0.15, 0.2) is 0 Å². The van der Waals surface area contributed by atoms with Crippen LogP contribution in [0.15, 0.2) is 42.5 Å². The van der Waals surface area contributed by atoms with Gasteiger partial charge in [0.05, 0.1) is 25.5 Å². The van der Waals surface area contributed by atoms with Gasteiger partial charge in [-0.15, -0.1) is 0 Å². The number of anilines is 1. The Bertz CT molecular complexity index is 806. The summed E-state index contributed by atoms with van der Waals surface area (Å²) in [6.45, 7) is 2.94. The van der Waals surface area contributed by atoms with Crippen LogP contribution in [0.2, 0.25) is 0 Å². The van der Waals surface area contributed by atoms with E-state index in [1.807, 2.05) is 31.2 Å². The lowest BCUT2D eigenvalue weighted by Crippen LogP contribution is -2.33. The molecule has 0 spiro atoms. The minimum absolute atomic E-state index is 0.0161. The number of nitrogens with zero attached hydrogens (tertiary/aromatic N) is 2. The molecular weight excluding hydrogens is 324 g/mol. The maximum atomic E-state index is 12.9. The molecule has 0 aliphatic heterocycles. The van der Waals surface area contributed by atoms with Gasteiger partial charge in [-0.25, -0.2) is 0 Å². The quantitative estimate of drug-likeness (QED) is 0.758. The first-order valence-corrected chi connectivity index (χ1v) is 9.22. The molecule has 0 unspecified atom stereocenters. The summed E-state index contributed by atoms with van der Waals surface area (Å²) in [4.78, 5) is 14.6. The number of carbonyl (C=O) groups is 1. The predicted molar refractivity (Wildman–Crippen MR) is 102 cm³/mol. The van der Waals surface area contributed by atoms with Crippen molar-refractivity contribution in [1.82, 2.24) is 0 Å². The molecule has 2 aromatic carbocycles. The van der Waals surface area contributed by atoms with Crippen molar-refractivity contribution >= 4 is 11.6 Å². The molecule has 1 aliphatic rings. The summed E-state index contributed by atoms with van der Waals surface area (Å²) in [6, 6.07) is 16.0. The molecule has 0 heterocycles. The summed E-state index contributed by atoms with van der Waals surface area (Å²) in [7, 11) is 0. The van der Waals surface area contributed by atoms with Crippen LogP contribution in [0.1, 0.15) is 36.5 Å². The molecule has 3 rings (SSSR count). The summed E-state index contributed by atoms with van der Waals surface area (Å²) in [5.74, 6) is 0.796. The van der Waals surface area contributed by atoms with Crippen LogP contribution in [0.3, 0.4) is 0 Å². The lowest BCUT2D eigenvalue weighted by molar-refractivity contribution is -0.118. The van der Waals surface area contributed by atoms with Crippen LogP contribution in [-0.2, 0) is 24.1 Å². The van der Waals surface area contributed by atoms with Crippen molar-refractivity contribution in [2.75, 3.05) is 18.1 Å². The highest BCUT2D eigenvalue weighted by Gasteiger charge is 2.18. The van der Waals surface area contributed by atoms with E-state index < -0.39 is 0 Å². The molecule has 0 radical (unpaired) electrons. The minimum atomic E-state index is 0.0161. The van der Waals surface area contributed by atoms with Gasteiger partial charge in [0.2, 0.25) is 5.91 Å². The summed E-state index contributed by atoms with van der Waals surface area (Å²) in [5, 5.41) is 8.95. The normalized spacial score (nSPS) is 12.3. The summed E-state index contributed by atoms with van der Waals surface area (Å²) >= 11 is 0. The number of hydrogen-bond donors (Lipinski definition) is 0. The summed E-state index contributed by atoms with van der Waals surface area (Å²) in [6.07, 6.45) is 4.11. The van der Waals surface area contributed by atoms with Gasteiger partial charge in [-0.05, 0) is 67.1 Å². The zero-order valence-corrected chi connectivity index (χ0v) is 15.2. The second-order valence-corrected chi connectivity index (χ2v) is 6.51. The second kappa shape index (κ2) is 8.53. The third-order valence-corrected chi connectivity index (χ3v) is 4.73. The van der Waals surface area contributed by atoms with Crippen molar-refractivity contribution in [3.8, 4) is 11.8 Å². The number of carbonyl (C=O) groups excluding carboxylic acids is 1. The van der Waals surface area contributed by atoms with Crippen LogP contribution in [0.5, 0.6) is 5.75 Å². The van der Waals surface area contributed by atoms with Crippen molar-refractivity contribution < 1.29 is 9.53 Å². The Morgan fingerprint density at radius 1 is 1.15 bits per heavy atom. The van der Waals surface area contributed by atoms with Crippen molar-refractivity contribution in [1.29, 1.82) is 5.26 Å². The van der Waals surface area contributed by atoms with Crippen LogP contribution >= 0.6 is 0 Å². The Labute approximate surface area is 155 Å². The molecular formula is C22H24N2O2. The monoisotopic (exact) mass is 348 g/mol. The van der Waals surface area contributed by atoms with Gasteiger partial charge in [0.25, 0.3) is 0 Å². The number of ether oxygens (including phenoxy) is 1. The Morgan fingerprint density at radius 2 is 1.92 bits per heavy atom. The van der Waals surface area contributed by atoms with E-state index in [-0.39, 0.29) is 5.91 Å². The van der Waals surface area contributed by atoms with Gasteiger partial charge >= 0.3 is 0 Å². The number of amides is 1. The van der Waals surface area contributed by atoms with Gasteiger partial charge in [-0.2, -0.15) is 5.26 Å². The lowest BCUT2D eigenvalue weighted by atomic mass is 10.0. The average Bonchev–Trinajstić information content (AvgIpc) is 3.11. The number of nitriles is 1. The van der Waals surface area contributed by atoms with Gasteiger partial charge < -0.3 is 9.64 Å². The van der Waals surface area contributed by atoms with Gasteiger partial charge in [0.1, 0.15) is 5.75 Å². The van der Waals surface area contributed by atoms with E-state index >= 15 is 0 Å². The second-order valence-electron chi connectivity index (χ2n) is 6.51. The topological polar surface area (TPSA) is 53.3 Å². The molecule has 1 aliphatic carbocycles. The molecule has 134 valence electrons. The maximum absolute atomic E-state index is 12.9. The van der Waals surface area contributed by atoms with Crippen LogP contribution in [0.4, 0.5) is 5.69 Å².